The lowest BCUT2D eigenvalue weighted by Gasteiger charge is -2.11. The molecule has 3 aromatic rings. The topological polar surface area (TPSA) is 95.4 Å². The molecule has 0 saturated heterocycles. The Balaban J connectivity index is 0.00000256. The number of para-hydroxylation sites is 1. The van der Waals surface area contributed by atoms with Crippen LogP contribution in [0, 0.1) is 5.82 Å². The van der Waals surface area contributed by atoms with Crippen molar-refractivity contribution in [1.29, 1.82) is 0 Å². The molecular formula is C21H24ClFN4O3. The number of rotatable bonds is 6. The molecule has 2 aromatic carbocycles. The molecule has 1 heterocycles. The maximum Gasteiger partial charge on any atom is 0.188 e. The zero-order chi connectivity index (χ0) is 20.4. The zero-order valence-electron chi connectivity index (χ0n) is 16.4. The Hall–Kier alpha value is -2.68. The molecule has 0 spiro atoms. The molecule has 9 heteroatoms. The summed E-state index contributed by atoms with van der Waals surface area (Å²) in [7, 11) is 1.59. The number of nitrogens with zero attached hydrogens (tertiary/aromatic N) is 3. The summed E-state index contributed by atoms with van der Waals surface area (Å²) in [5.41, 5.74) is 6.28. The highest BCUT2D eigenvalue weighted by Gasteiger charge is 2.35. The number of hydrogen-bond acceptors (Lipinski definition) is 6. The van der Waals surface area contributed by atoms with Crippen molar-refractivity contribution in [1.82, 2.24) is 14.8 Å². The molecule has 1 aliphatic carbocycles. The van der Waals surface area contributed by atoms with Crippen LogP contribution in [0.3, 0.4) is 0 Å². The van der Waals surface area contributed by atoms with Gasteiger partial charge in [-0.2, -0.15) is 0 Å². The maximum atomic E-state index is 14.4. The monoisotopic (exact) mass is 434 g/mol. The molecule has 1 saturated carbocycles. The first-order valence-corrected chi connectivity index (χ1v) is 9.46. The summed E-state index contributed by atoms with van der Waals surface area (Å²) in [5, 5.41) is 14.5. The summed E-state index contributed by atoms with van der Waals surface area (Å²) in [4.78, 5) is 4.60. The smallest absolute Gasteiger partial charge is 0.188 e. The number of methoxy groups -OCH3 is 1. The molecule has 0 unspecified atom stereocenters. The van der Waals surface area contributed by atoms with E-state index >= 15 is 0 Å². The van der Waals surface area contributed by atoms with Gasteiger partial charge in [-0.15, -0.1) is 17.5 Å². The molecule has 7 nitrogen and oxygen atoms in total. The minimum atomic E-state index is -0.609. The van der Waals surface area contributed by atoms with Crippen LogP contribution < -0.4 is 15.2 Å². The normalized spacial score (nSPS) is 20.6. The van der Waals surface area contributed by atoms with Crippen molar-refractivity contribution in [3.05, 3.63) is 66.0 Å². The van der Waals surface area contributed by atoms with Crippen LogP contribution >= 0.6 is 12.4 Å². The summed E-state index contributed by atoms with van der Waals surface area (Å²) >= 11 is 0. The van der Waals surface area contributed by atoms with Crippen LogP contribution in [0.15, 0.2) is 48.5 Å². The Morgan fingerprint density at radius 2 is 1.93 bits per heavy atom. The van der Waals surface area contributed by atoms with E-state index in [0.29, 0.717) is 41.7 Å². The second-order valence-corrected chi connectivity index (χ2v) is 7.12. The number of ether oxygens (including phenoxy) is 2. The van der Waals surface area contributed by atoms with Crippen LogP contribution in [0.25, 0.3) is 5.69 Å². The number of hydrogen-bond donors (Lipinski definition) is 2. The average Bonchev–Trinajstić information content (AvgIpc) is 3.30. The molecule has 0 radical (unpaired) electrons. The quantitative estimate of drug-likeness (QED) is 0.619. The van der Waals surface area contributed by atoms with E-state index in [1.807, 2.05) is 18.2 Å². The van der Waals surface area contributed by atoms with Gasteiger partial charge in [0.05, 0.1) is 13.2 Å². The van der Waals surface area contributed by atoms with Crippen molar-refractivity contribution in [3.63, 3.8) is 0 Å². The Bertz CT molecular complexity index is 990. The van der Waals surface area contributed by atoms with Crippen LogP contribution in [0.1, 0.15) is 30.4 Å². The molecule has 1 aliphatic rings. The maximum absolute atomic E-state index is 14.4. The van der Waals surface area contributed by atoms with E-state index in [4.69, 9.17) is 15.2 Å². The molecule has 0 bridgehead atoms. The second kappa shape index (κ2) is 9.42. The summed E-state index contributed by atoms with van der Waals surface area (Å²) in [6.07, 6.45) is 0.414. The lowest BCUT2D eigenvalue weighted by molar-refractivity contribution is 0.163. The SMILES string of the molecule is COc1cccc(OCc2nc([C@H]3C[C@@H](N)[C@H](O)C3)n(-c3ccccc3F)n2)c1.Cl. The highest BCUT2D eigenvalue weighted by molar-refractivity contribution is 5.85. The van der Waals surface area contributed by atoms with Crippen molar-refractivity contribution in [3.8, 4) is 17.2 Å². The van der Waals surface area contributed by atoms with Crippen LogP contribution in [0.5, 0.6) is 11.5 Å². The molecule has 3 atom stereocenters. The summed E-state index contributed by atoms with van der Waals surface area (Å²) in [6, 6.07) is 13.3. The molecule has 0 aliphatic heterocycles. The predicted octanol–water partition coefficient (Wildman–Crippen LogP) is 2.98. The van der Waals surface area contributed by atoms with Crippen LogP contribution in [-0.2, 0) is 6.61 Å². The number of nitrogens with two attached hydrogens (primary N) is 1. The molecule has 0 amide bonds. The molecular weight excluding hydrogens is 411 g/mol. The van der Waals surface area contributed by atoms with Crippen molar-refractivity contribution >= 4 is 12.4 Å². The third kappa shape index (κ3) is 4.56. The fourth-order valence-electron chi connectivity index (χ4n) is 3.59. The number of aliphatic hydroxyl groups is 1. The zero-order valence-corrected chi connectivity index (χ0v) is 17.3. The van der Waals surface area contributed by atoms with Crippen molar-refractivity contribution < 1.29 is 19.0 Å². The first-order valence-electron chi connectivity index (χ1n) is 9.46. The highest BCUT2D eigenvalue weighted by Crippen LogP contribution is 2.34. The fraction of sp³-hybridized carbons (Fsp3) is 0.333. The average molecular weight is 435 g/mol. The van der Waals surface area contributed by atoms with Gasteiger partial charge in [-0.3, -0.25) is 0 Å². The predicted molar refractivity (Wildman–Crippen MR) is 112 cm³/mol. The van der Waals surface area contributed by atoms with Gasteiger partial charge in [-0.25, -0.2) is 14.1 Å². The third-order valence-electron chi connectivity index (χ3n) is 5.11. The van der Waals surface area contributed by atoms with Crippen LogP contribution in [0.4, 0.5) is 4.39 Å². The van der Waals surface area contributed by atoms with Gasteiger partial charge in [0.15, 0.2) is 5.82 Å². The Labute approximate surface area is 180 Å². The molecule has 1 aromatic heterocycles. The Kier molecular flexibility index (Phi) is 6.91. The first kappa shape index (κ1) is 22.0. The number of aromatic nitrogens is 3. The number of benzene rings is 2. The lowest BCUT2D eigenvalue weighted by Crippen LogP contribution is -2.28. The summed E-state index contributed by atoms with van der Waals surface area (Å²) < 4.78 is 26.9. The number of halogens is 2. The molecule has 4 rings (SSSR count). The van der Waals surface area contributed by atoms with Crippen LogP contribution in [0.2, 0.25) is 0 Å². The standard InChI is InChI=1S/C21H23FN4O3.ClH/c1-28-14-5-4-6-15(11-14)29-12-20-24-21(13-9-17(23)19(27)10-13)26(25-20)18-8-3-2-7-16(18)22;/h2-8,11,13,17,19,27H,9-10,12,23H2,1H3;1H/t13-,17+,19+;/m0./s1. The van der Waals surface area contributed by atoms with E-state index in [1.165, 1.54) is 10.7 Å². The molecule has 30 heavy (non-hydrogen) atoms. The van der Waals surface area contributed by atoms with Crippen LogP contribution in [-0.4, -0.2) is 39.1 Å². The molecule has 3 N–H and O–H groups in total. The van der Waals surface area contributed by atoms with Crippen molar-refractivity contribution in [2.75, 3.05) is 7.11 Å². The van der Waals surface area contributed by atoms with Gasteiger partial charge in [0, 0.05) is 18.0 Å². The van der Waals surface area contributed by atoms with E-state index in [0.717, 1.165) is 0 Å². The van der Waals surface area contributed by atoms with Gasteiger partial charge >= 0.3 is 0 Å². The second-order valence-electron chi connectivity index (χ2n) is 7.12. The lowest BCUT2D eigenvalue weighted by atomic mass is 10.1. The summed E-state index contributed by atoms with van der Waals surface area (Å²) in [6.45, 7) is 0.114. The summed E-state index contributed by atoms with van der Waals surface area (Å²) in [5.74, 6) is 1.78. The van der Waals surface area contributed by atoms with Gasteiger partial charge in [0.25, 0.3) is 0 Å². The Morgan fingerprint density at radius 3 is 2.63 bits per heavy atom. The van der Waals surface area contributed by atoms with Gasteiger partial charge in [0.1, 0.15) is 35.4 Å². The minimum Gasteiger partial charge on any atom is -0.497 e. The van der Waals surface area contributed by atoms with E-state index in [1.54, 1.807) is 31.4 Å². The first-order chi connectivity index (χ1) is 14.0. The van der Waals surface area contributed by atoms with Gasteiger partial charge < -0.3 is 20.3 Å². The van der Waals surface area contributed by atoms with Gasteiger partial charge in [-0.05, 0) is 37.1 Å². The number of aliphatic hydroxyl groups excluding tert-OH is 1. The van der Waals surface area contributed by atoms with Crippen molar-refractivity contribution in [2.45, 2.75) is 37.5 Å². The van der Waals surface area contributed by atoms with Gasteiger partial charge in [0.2, 0.25) is 0 Å². The fourth-order valence-corrected chi connectivity index (χ4v) is 3.59. The van der Waals surface area contributed by atoms with E-state index in [-0.39, 0.29) is 31.0 Å². The van der Waals surface area contributed by atoms with Crippen molar-refractivity contribution in [2.24, 2.45) is 5.73 Å². The van der Waals surface area contributed by atoms with E-state index in [9.17, 15) is 9.50 Å². The van der Waals surface area contributed by atoms with Gasteiger partial charge in [-0.1, -0.05) is 18.2 Å². The van der Waals surface area contributed by atoms with E-state index in [2.05, 4.69) is 10.1 Å². The molecule has 160 valence electrons. The largest absolute Gasteiger partial charge is 0.497 e. The molecule has 1 fully saturated rings. The highest BCUT2D eigenvalue weighted by atomic mass is 35.5. The minimum absolute atomic E-state index is 0. The van der Waals surface area contributed by atoms with E-state index < -0.39 is 11.9 Å². The Morgan fingerprint density at radius 1 is 1.17 bits per heavy atom. The third-order valence-corrected chi connectivity index (χ3v) is 5.11.